The summed E-state index contributed by atoms with van der Waals surface area (Å²) in [4.78, 5) is 24.4. The van der Waals surface area contributed by atoms with Crippen molar-refractivity contribution >= 4 is 34.6 Å². The highest BCUT2D eigenvalue weighted by Crippen LogP contribution is 2.32. The van der Waals surface area contributed by atoms with Crippen molar-refractivity contribution in [2.45, 2.75) is 0 Å². The van der Waals surface area contributed by atoms with Crippen LogP contribution in [0.25, 0.3) is 0 Å². The van der Waals surface area contributed by atoms with Gasteiger partial charge in [-0.15, -0.1) is 0 Å². The molecule has 1 aromatic carbocycles. The summed E-state index contributed by atoms with van der Waals surface area (Å²) in [5, 5.41) is 19.2. The van der Waals surface area contributed by atoms with E-state index in [0.717, 1.165) is 11.3 Å². The Hall–Kier alpha value is -2.19. The summed E-state index contributed by atoms with van der Waals surface area (Å²) in [5.41, 5.74) is -0.140. The minimum Gasteiger partial charge on any atom is -0.477 e. The number of nitrogens with zero attached hydrogens (tertiary/aromatic N) is 2. The summed E-state index contributed by atoms with van der Waals surface area (Å²) in [5.74, 6) is -1.03. The lowest BCUT2D eigenvalue weighted by molar-refractivity contribution is -0.384. The quantitative estimate of drug-likeness (QED) is 0.687. The maximum atomic E-state index is 10.8. The lowest BCUT2D eigenvalue weighted by Crippen LogP contribution is -1.91. The monoisotopic (exact) mass is 300 g/mol. The largest absolute Gasteiger partial charge is 0.477 e. The van der Waals surface area contributed by atoms with Crippen molar-refractivity contribution in [1.82, 2.24) is 4.98 Å². The molecule has 1 N–H and O–H groups in total. The second kappa shape index (κ2) is 5.21. The molecular formula is C10H5ClN2O5S. The molecule has 0 aliphatic carbocycles. The Bertz CT molecular complexity index is 657. The molecule has 9 heteroatoms. The molecule has 1 aromatic heterocycles. The number of nitro groups is 1. The highest BCUT2D eigenvalue weighted by atomic mass is 35.5. The molecule has 7 nitrogen and oxygen atoms in total. The molecule has 0 bridgehead atoms. The molecule has 19 heavy (non-hydrogen) atoms. The van der Waals surface area contributed by atoms with Gasteiger partial charge in [0.2, 0.25) is 0 Å². The number of carboxylic acid groups (broad SMARTS) is 1. The van der Waals surface area contributed by atoms with E-state index in [1.54, 1.807) is 0 Å². The molecule has 0 spiro atoms. The lowest BCUT2D eigenvalue weighted by atomic mass is 10.3. The number of aromatic nitrogens is 1. The molecule has 1 heterocycles. The van der Waals surface area contributed by atoms with Gasteiger partial charge in [-0.2, -0.15) is 4.98 Å². The summed E-state index contributed by atoms with van der Waals surface area (Å²) >= 11 is 6.36. The van der Waals surface area contributed by atoms with Gasteiger partial charge in [-0.05, 0) is 6.07 Å². The standard InChI is InChI=1S/C10H5ClN2O5S/c11-8-7(9(14)15)19-10(12-8)18-6-3-1-2-5(4-6)13(16)17/h1-4H,(H,14,15). The third-order valence-corrected chi connectivity index (χ3v) is 3.30. The maximum Gasteiger partial charge on any atom is 0.349 e. The first-order valence-electron chi connectivity index (χ1n) is 4.79. The summed E-state index contributed by atoms with van der Waals surface area (Å²) in [6.45, 7) is 0. The van der Waals surface area contributed by atoms with Gasteiger partial charge in [-0.1, -0.05) is 29.0 Å². The van der Waals surface area contributed by atoms with Gasteiger partial charge in [-0.25, -0.2) is 4.79 Å². The van der Waals surface area contributed by atoms with Gasteiger partial charge in [0.1, 0.15) is 5.75 Å². The number of halogens is 1. The van der Waals surface area contributed by atoms with Crippen LogP contribution in [-0.4, -0.2) is 21.0 Å². The van der Waals surface area contributed by atoms with E-state index in [2.05, 4.69) is 4.98 Å². The Morgan fingerprint density at radius 1 is 1.53 bits per heavy atom. The van der Waals surface area contributed by atoms with Crippen LogP contribution in [0.3, 0.4) is 0 Å². The van der Waals surface area contributed by atoms with E-state index < -0.39 is 10.9 Å². The molecule has 98 valence electrons. The Balaban J connectivity index is 2.26. The predicted molar refractivity (Wildman–Crippen MR) is 67.3 cm³/mol. The number of hydrogen-bond donors (Lipinski definition) is 1. The molecule has 0 saturated heterocycles. The molecular weight excluding hydrogens is 296 g/mol. The Labute approximate surface area is 115 Å². The molecule has 0 fully saturated rings. The number of carbonyl (C=O) groups is 1. The van der Waals surface area contributed by atoms with Crippen LogP contribution in [0, 0.1) is 10.1 Å². The SMILES string of the molecule is O=C(O)c1sc(Oc2cccc([N+](=O)[O-])c2)nc1Cl. The predicted octanol–water partition coefficient (Wildman–Crippen LogP) is 3.20. The third kappa shape index (κ3) is 2.98. The summed E-state index contributed by atoms with van der Waals surface area (Å²) in [7, 11) is 0. The first-order valence-corrected chi connectivity index (χ1v) is 5.99. The molecule has 0 amide bonds. The van der Waals surface area contributed by atoms with E-state index in [9.17, 15) is 14.9 Å². The van der Waals surface area contributed by atoms with Crippen molar-refractivity contribution < 1.29 is 19.6 Å². The van der Waals surface area contributed by atoms with Crippen LogP contribution in [0.4, 0.5) is 5.69 Å². The average molecular weight is 301 g/mol. The molecule has 2 aromatic rings. The molecule has 0 aliphatic rings. The van der Waals surface area contributed by atoms with Gasteiger partial charge in [0.25, 0.3) is 10.9 Å². The first kappa shape index (κ1) is 13.2. The number of rotatable bonds is 4. The van der Waals surface area contributed by atoms with E-state index >= 15 is 0 Å². The second-order valence-electron chi connectivity index (χ2n) is 3.26. The highest BCUT2D eigenvalue weighted by molar-refractivity contribution is 7.15. The number of ether oxygens (including phenoxy) is 1. The van der Waals surface area contributed by atoms with Gasteiger partial charge >= 0.3 is 5.97 Å². The summed E-state index contributed by atoms with van der Waals surface area (Å²) < 4.78 is 5.24. The van der Waals surface area contributed by atoms with Crippen molar-refractivity contribution in [3.8, 4) is 10.9 Å². The van der Waals surface area contributed by atoms with Gasteiger partial charge in [0.05, 0.1) is 11.0 Å². The zero-order valence-corrected chi connectivity index (χ0v) is 10.6. The minimum absolute atomic E-state index is 0.00268. The van der Waals surface area contributed by atoms with E-state index in [1.807, 2.05) is 0 Å². The second-order valence-corrected chi connectivity index (χ2v) is 4.58. The van der Waals surface area contributed by atoms with Crippen molar-refractivity contribution in [2.24, 2.45) is 0 Å². The third-order valence-electron chi connectivity index (χ3n) is 1.99. The molecule has 2 rings (SSSR count). The van der Waals surface area contributed by atoms with Crippen molar-refractivity contribution in [1.29, 1.82) is 0 Å². The van der Waals surface area contributed by atoms with Crippen LogP contribution in [0.15, 0.2) is 24.3 Å². The van der Waals surface area contributed by atoms with Crippen LogP contribution in [0.1, 0.15) is 9.67 Å². The van der Waals surface area contributed by atoms with Crippen LogP contribution in [0.2, 0.25) is 5.15 Å². The number of thiazole rings is 1. The topological polar surface area (TPSA) is 103 Å². The molecule has 0 unspecified atom stereocenters. The fourth-order valence-corrected chi connectivity index (χ4v) is 2.21. The first-order chi connectivity index (χ1) is 8.97. The van der Waals surface area contributed by atoms with Gasteiger partial charge in [-0.3, -0.25) is 10.1 Å². The lowest BCUT2D eigenvalue weighted by Gasteiger charge is -2.00. The zero-order chi connectivity index (χ0) is 14.0. The van der Waals surface area contributed by atoms with Gasteiger partial charge in [0, 0.05) is 6.07 Å². The smallest absolute Gasteiger partial charge is 0.349 e. The van der Waals surface area contributed by atoms with Crippen LogP contribution in [-0.2, 0) is 0 Å². The van der Waals surface area contributed by atoms with Crippen LogP contribution >= 0.6 is 22.9 Å². The van der Waals surface area contributed by atoms with E-state index in [0.29, 0.717) is 0 Å². The Kier molecular flexibility index (Phi) is 3.63. The van der Waals surface area contributed by atoms with E-state index in [4.69, 9.17) is 21.4 Å². The molecule has 0 aliphatic heterocycles. The fourth-order valence-electron chi connectivity index (χ4n) is 1.22. The summed E-state index contributed by atoms with van der Waals surface area (Å²) in [6, 6.07) is 5.45. The van der Waals surface area contributed by atoms with Crippen molar-refractivity contribution in [3.63, 3.8) is 0 Å². The van der Waals surface area contributed by atoms with Crippen molar-refractivity contribution in [3.05, 3.63) is 44.4 Å². The number of hydrogen-bond acceptors (Lipinski definition) is 6. The molecule has 0 saturated carbocycles. The van der Waals surface area contributed by atoms with Crippen molar-refractivity contribution in [2.75, 3.05) is 0 Å². The molecule has 0 atom stereocenters. The number of benzene rings is 1. The summed E-state index contributed by atoms with van der Waals surface area (Å²) in [6.07, 6.45) is 0. The van der Waals surface area contributed by atoms with Gasteiger partial charge < -0.3 is 9.84 Å². The van der Waals surface area contributed by atoms with Crippen LogP contribution in [0.5, 0.6) is 10.9 Å². The van der Waals surface area contributed by atoms with Crippen LogP contribution < -0.4 is 4.74 Å². The Morgan fingerprint density at radius 3 is 2.84 bits per heavy atom. The average Bonchev–Trinajstić information content (AvgIpc) is 2.70. The minimum atomic E-state index is -1.21. The zero-order valence-electron chi connectivity index (χ0n) is 9.07. The number of aromatic carboxylic acids is 1. The number of nitro benzene ring substituents is 1. The Morgan fingerprint density at radius 2 is 2.26 bits per heavy atom. The number of non-ortho nitro benzene ring substituents is 1. The normalized spacial score (nSPS) is 10.2. The highest BCUT2D eigenvalue weighted by Gasteiger charge is 2.17. The van der Waals surface area contributed by atoms with E-state index in [-0.39, 0.29) is 26.7 Å². The van der Waals surface area contributed by atoms with E-state index in [1.165, 1.54) is 24.3 Å². The maximum absolute atomic E-state index is 10.8. The molecule has 0 radical (unpaired) electrons. The van der Waals surface area contributed by atoms with Gasteiger partial charge in [0.15, 0.2) is 10.0 Å². The fraction of sp³-hybridized carbons (Fsp3) is 0. The number of carboxylic acids is 1.